The zero-order valence-corrected chi connectivity index (χ0v) is 13.6. The van der Waals surface area contributed by atoms with Gasteiger partial charge in [-0.1, -0.05) is 19.8 Å². The van der Waals surface area contributed by atoms with Crippen molar-refractivity contribution >= 4 is 27.5 Å². The van der Waals surface area contributed by atoms with Crippen LogP contribution in [0.3, 0.4) is 0 Å². The Hall–Kier alpha value is -0.270. The Kier molecular flexibility index (Phi) is 5.02. The van der Waals surface area contributed by atoms with Gasteiger partial charge in [0.2, 0.25) is 5.91 Å². The van der Waals surface area contributed by atoms with Crippen LogP contribution in [0.4, 0.5) is 0 Å². The van der Waals surface area contributed by atoms with Crippen molar-refractivity contribution < 1.29 is 13.2 Å². The van der Waals surface area contributed by atoms with Crippen molar-refractivity contribution in [3.8, 4) is 0 Å². The van der Waals surface area contributed by atoms with E-state index in [1.54, 1.807) is 23.6 Å². The first-order valence-electron chi connectivity index (χ1n) is 7.26. The molecule has 0 bridgehead atoms. The number of thioether (sulfide) groups is 1. The van der Waals surface area contributed by atoms with Gasteiger partial charge in [-0.2, -0.15) is 11.8 Å². The van der Waals surface area contributed by atoms with Gasteiger partial charge in [0, 0.05) is 35.8 Å². The topological polar surface area (TPSA) is 80.5 Å². The number of amides is 1. The van der Waals surface area contributed by atoms with E-state index < -0.39 is 20.8 Å². The second-order valence-electron chi connectivity index (χ2n) is 5.81. The van der Waals surface area contributed by atoms with Crippen LogP contribution in [0.1, 0.15) is 39.0 Å². The maximum atomic E-state index is 12.5. The van der Waals surface area contributed by atoms with Gasteiger partial charge in [0.05, 0.1) is 0 Å². The van der Waals surface area contributed by atoms with Crippen LogP contribution in [-0.4, -0.2) is 53.9 Å². The molecule has 1 unspecified atom stereocenters. The van der Waals surface area contributed by atoms with E-state index in [2.05, 4.69) is 0 Å². The molecule has 1 atom stereocenters. The van der Waals surface area contributed by atoms with Crippen molar-refractivity contribution in [3.63, 3.8) is 0 Å². The summed E-state index contributed by atoms with van der Waals surface area (Å²) in [4.78, 5) is 14.1. The second kappa shape index (κ2) is 6.23. The maximum absolute atomic E-state index is 12.5. The molecule has 0 spiro atoms. The average molecular weight is 320 g/mol. The minimum atomic E-state index is -3.23. The highest BCUT2D eigenvalue weighted by molar-refractivity contribution is 8.01. The highest BCUT2D eigenvalue weighted by atomic mass is 32.2. The average Bonchev–Trinajstić information content (AvgIpc) is 2.85. The number of sulfone groups is 1. The molecule has 2 N–H and O–H groups in total. The van der Waals surface area contributed by atoms with Crippen molar-refractivity contribution in [2.75, 3.05) is 23.8 Å². The molecule has 5 nitrogen and oxygen atoms in total. The summed E-state index contributed by atoms with van der Waals surface area (Å²) in [6, 6.07) is 0. The van der Waals surface area contributed by atoms with Crippen molar-refractivity contribution in [3.05, 3.63) is 0 Å². The predicted molar refractivity (Wildman–Crippen MR) is 82.3 cm³/mol. The first-order valence-corrected chi connectivity index (χ1v) is 10.1. The molecule has 1 amide bonds. The highest BCUT2D eigenvalue weighted by Crippen LogP contribution is 2.32. The summed E-state index contributed by atoms with van der Waals surface area (Å²) in [5.41, 5.74) is 5.84. The van der Waals surface area contributed by atoms with Gasteiger partial charge in [0.25, 0.3) is 0 Å². The summed E-state index contributed by atoms with van der Waals surface area (Å²) >= 11 is 1.60. The van der Waals surface area contributed by atoms with Crippen molar-refractivity contribution in [2.45, 2.75) is 49.9 Å². The summed E-state index contributed by atoms with van der Waals surface area (Å²) in [6.45, 7) is 2.15. The molecule has 1 saturated heterocycles. The molecule has 0 aromatic rings. The molecule has 2 aliphatic rings. The fraction of sp³-hybridized carbons (Fsp3) is 0.923. The Morgan fingerprint density at radius 2 is 2.05 bits per heavy atom. The molecule has 2 rings (SSSR count). The highest BCUT2D eigenvalue weighted by Gasteiger charge is 2.39. The van der Waals surface area contributed by atoms with E-state index in [1.165, 1.54) is 0 Å². The molecule has 1 aliphatic carbocycles. The van der Waals surface area contributed by atoms with Gasteiger partial charge in [-0.05, 0) is 12.8 Å². The number of carbonyl (C=O) groups excluding carboxylic acids is 1. The molecule has 0 aromatic carbocycles. The van der Waals surface area contributed by atoms with Crippen molar-refractivity contribution in [1.82, 2.24) is 4.90 Å². The molecule has 0 radical (unpaired) electrons. The van der Waals surface area contributed by atoms with Crippen LogP contribution in [0.15, 0.2) is 0 Å². The predicted octanol–water partition coefficient (Wildman–Crippen LogP) is 0.984. The Morgan fingerprint density at radius 3 is 2.65 bits per heavy atom. The van der Waals surface area contributed by atoms with Crippen LogP contribution in [-0.2, 0) is 14.6 Å². The summed E-state index contributed by atoms with van der Waals surface area (Å²) in [5.74, 6) is 1.28. The largest absolute Gasteiger partial charge is 0.325 e. The molecular formula is C13H24N2O3S2. The summed E-state index contributed by atoms with van der Waals surface area (Å²) in [6.07, 6.45) is 4.15. The minimum absolute atomic E-state index is 0.0791. The molecule has 0 aromatic heterocycles. The van der Waals surface area contributed by atoms with Gasteiger partial charge in [0.1, 0.15) is 5.37 Å². The van der Waals surface area contributed by atoms with Crippen LogP contribution in [0.2, 0.25) is 0 Å². The number of carbonyl (C=O) groups is 1. The van der Waals surface area contributed by atoms with E-state index in [-0.39, 0.29) is 18.1 Å². The molecule has 1 heterocycles. The monoisotopic (exact) mass is 320 g/mol. The molecule has 116 valence electrons. The van der Waals surface area contributed by atoms with Crippen molar-refractivity contribution in [2.24, 2.45) is 5.73 Å². The molecule has 2 fully saturated rings. The number of rotatable bonds is 4. The first kappa shape index (κ1) is 16.1. The van der Waals surface area contributed by atoms with Crippen LogP contribution in [0.5, 0.6) is 0 Å². The normalized spacial score (nSPS) is 26.7. The lowest BCUT2D eigenvalue weighted by Crippen LogP contribution is -2.53. The van der Waals surface area contributed by atoms with E-state index >= 15 is 0 Å². The molecular weight excluding hydrogens is 296 g/mol. The van der Waals surface area contributed by atoms with E-state index in [0.29, 0.717) is 12.3 Å². The lowest BCUT2D eigenvalue weighted by Gasteiger charge is -2.36. The third kappa shape index (κ3) is 3.49. The maximum Gasteiger partial charge on any atom is 0.225 e. The zero-order chi connectivity index (χ0) is 14.8. The van der Waals surface area contributed by atoms with Gasteiger partial charge in [-0.3, -0.25) is 4.79 Å². The van der Waals surface area contributed by atoms with E-state index in [1.807, 2.05) is 0 Å². The SMILES string of the molecule is CCS(=O)(=O)C1CSCCN1C(=O)CC1(N)CCCC1. The second-order valence-corrected chi connectivity index (χ2v) is 9.41. The third-order valence-corrected chi connectivity index (χ3v) is 7.61. The smallest absolute Gasteiger partial charge is 0.225 e. The lowest BCUT2D eigenvalue weighted by molar-refractivity contribution is -0.132. The zero-order valence-electron chi connectivity index (χ0n) is 12.0. The quantitative estimate of drug-likeness (QED) is 0.835. The number of hydrogen-bond acceptors (Lipinski definition) is 5. The standard InChI is InChI=1S/C13H24N2O3S2/c1-2-20(17,18)12-10-19-8-7-15(12)11(16)9-13(14)5-3-4-6-13/h12H,2-10,14H2,1H3. The minimum Gasteiger partial charge on any atom is -0.325 e. The molecule has 1 saturated carbocycles. The molecule has 20 heavy (non-hydrogen) atoms. The van der Waals surface area contributed by atoms with Gasteiger partial charge >= 0.3 is 0 Å². The summed E-state index contributed by atoms with van der Waals surface area (Å²) in [7, 11) is -3.23. The number of hydrogen-bond donors (Lipinski definition) is 1. The fourth-order valence-electron chi connectivity index (χ4n) is 3.01. The lowest BCUT2D eigenvalue weighted by atomic mass is 9.94. The molecule has 7 heteroatoms. The Bertz CT molecular complexity index is 458. The van der Waals surface area contributed by atoms with E-state index in [4.69, 9.17) is 5.73 Å². The van der Waals surface area contributed by atoms with E-state index in [9.17, 15) is 13.2 Å². The molecule has 1 aliphatic heterocycles. The van der Waals surface area contributed by atoms with E-state index in [0.717, 1.165) is 31.4 Å². The van der Waals surface area contributed by atoms with Gasteiger partial charge in [-0.25, -0.2) is 8.42 Å². The Labute approximate surface area is 125 Å². The van der Waals surface area contributed by atoms with Crippen LogP contribution >= 0.6 is 11.8 Å². The van der Waals surface area contributed by atoms with Crippen LogP contribution in [0, 0.1) is 0 Å². The van der Waals surface area contributed by atoms with Gasteiger partial charge < -0.3 is 10.6 Å². The van der Waals surface area contributed by atoms with Gasteiger partial charge in [-0.15, -0.1) is 0 Å². The summed E-state index contributed by atoms with van der Waals surface area (Å²) < 4.78 is 24.3. The van der Waals surface area contributed by atoms with Crippen LogP contribution < -0.4 is 5.73 Å². The van der Waals surface area contributed by atoms with Crippen LogP contribution in [0.25, 0.3) is 0 Å². The first-order chi connectivity index (χ1) is 9.38. The summed E-state index contributed by atoms with van der Waals surface area (Å²) in [5, 5.41) is -0.663. The Morgan fingerprint density at radius 1 is 1.40 bits per heavy atom. The fourth-order valence-corrected chi connectivity index (χ4v) is 6.00. The number of nitrogens with two attached hydrogens (primary N) is 1. The van der Waals surface area contributed by atoms with Gasteiger partial charge in [0.15, 0.2) is 9.84 Å². The number of nitrogens with zero attached hydrogens (tertiary/aromatic N) is 1. The Balaban J connectivity index is 2.09. The third-order valence-electron chi connectivity index (χ3n) is 4.32. The van der Waals surface area contributed by atoms with Crippen molar-refractivity contribution in [1.29, 1.82) is 0 Å².